The van der Waals surface area contributed by atoms with E-state index in [1.807, 2.05) is 0 Å². The molecule has 0 fully saturated rings. The van der Waals surface area contributed by atoms with Gasteiger partial charge in [-0.1, -0.05) is 32.4 Å². The van der Waals surface area contributed by atoms with E-state index in [1.165, 1.54) is 0 Å². The van der Waals surface area contributed by atoms with Crippen LogP contribution in [0.1, 0.15) is 49.0 Å². The standard InChI is InChI=1S/C14H19FO/c1-10(2)6-4-9-13(16)12-8-5-7-11(3)14(12)15/h5,7-8,10H,4,6,9H2,1-3H3. The Labute approximate surface area is 96.7 Å². The summed E-state index contributed by atoms with van der Waals surface area (Å²) in [6.07, 6.45) is 2.29. The molecule has 16 heavy (non-hydrogen) atoms. The molecule has 0 amide bonds. The molecule has 1 rings (SSSR count). The molecular formula is C14H19FO. The molecule has 0 aliphatic heterocycles. The molecule has 0 spiro atoms. The minimum atomic E-state index is -0.364. The number of hydrogen-bond donors (Lipinski definition) is 0. The van der Waals surface area contributed by atoms with E-state index in [0.29, 0.717) is 17.9 Å². The predicted octanol–water partition coefficient (Wildman–Crippen LogP) is 4.14. The van der Waals surface area contributed by atoms with E-state index in [0.717, 1.165) is 12.8 Å². The zero-order chi connectivity index (χ0) is 12.1. The Morgan fingerprint density at radius 1 is 1.38 bits per heavy atom. The van der Waals surface area contributed by atoms with Crippen molar-refractivity contribution in [1.82, 2.24) is 0 Å². The second-order valence-corrected chi connectivity index (χ2v) is 4.65. The van der Waals surface area contributed by atoms with Crippen molar-refractivity contribution in [3.05, 3.63) is 35.1 Å². The van der Waals surface area contributed by atoms with Gasteiger partial charge in [0.2, 0.25) is 0 Å². The van der Waals surface area contributed by atoms with Crippen LogP contribution in [0, 0.1) is 18.7 Å². The van der Waals surface area contributed by atoms with E-state index in [2.05, 4.69) is 13.8 Å². The number of rotatable bonds is 5. The van der Waals surface area contributed by atoms with E-state index in [-0.39, 0.29) is 17.2 Å². The molecular weight excluding hydrogens is 203 g/mol. The second kappa shape index (κ2) is 5.78. The summed E-state index contributed by atoms with van der Waals surface area (Å²) >= 11 is 0. The summed E-state index contributed by atoms with van der Waals surface area (Å²) in [4.78, 5) is 11.8. The fraction of sp³-hybridized carbons (Fsp3) is 0.500. The summed E-state index contributed by atoms with van der Waals surface area (Å²) in [5.41, 5.74) is 0.776. The summed E-state index contributed by atoms with van der Waals surface area (Å²) in [5.74, 6) is 0.147. The van der Waals surface area contributed by atoms with Crippen molar-refractivity contribution in [3.63, 3.8) is 0 Å². The topological polar surface area (TPSA) is 17.1 Å². The van der Waals surface area contributed by atoms with Gasteiger partial charge in [-0.25, -0.2) is 4.39 Å². The molecule has 0 saturated heterocycles. The number of benzene rings is 1. The van der Waals surface area contributed by atoms with Gasteiger partial charge in [0.1, 0.15) is 5.82 Å². The van der Waals surface area contributed by atoms with Crippen molar-refractivity contribution in [1.29, 1.82) is 0 Å². The molecule has 0 aliphatic carbocycles. The third-order valence-electron chi connectivity index (χ3n) is 2.68. The lowest BCUT2D eigenvalue weighted by Crippen LogP contribution is -2.04. The number of aryl methyl sites for hydroxylation is 1. The lowest BCUT2D eigenvalue weighted by atomic mass is 10.00. The van der Waals surface area contributed by atoms with E-state index in [9.17, 15) is 9.18 Å². The Balaban J connectivity index is 2.63. The highest BCUT2D eigenvalue weighted by Gasteiger charge is 2.12. The maximum Gasteiger partial charge on any atom is 0.165 e. The molecule has 0 saturated carbocycles. The molecule has 1 aromatic carbocycles. The van der Waals surface area contributed by atoms with Crippen LogP contribution in [0.4, 0.5) is 4.39 Å². The molecule has 88 valence electrons. The molecule has 0 N–H and O–H groups in total. The summed E-state index contributed by atoms with van der Waals surface area (Å²) in [5, 5.41) is 0. The molecule has 0 unspecified atom stereocenters. The fourth-order valence-electron chi connectivity index (χ4n) is 1.67. The Kier molecular flexibility index (Phi) is 4.66. The highest BCUT2D eigenvalue weighted by atomic mass is 19.1. The van der Waals surface area contributed by atoms with E-state index < -0.39 is 0 Å². The zero-order valence-corrected chi connectivity index (χ0v) is 10.2. The van der Waals surface area contributed by atoms with Crippen LogP contribution in [0.2, 0.25) is 0 Å². The lowest BCUT2D eigenvalue weighted by molar-refractivity contribution is 0.0974. The van der Waals surface area contributed by atoms with Crippen molar-refractivity contribution >= 4 is 5.78 Å². The van der Waals surface area contributed by atoms with Crippen LogP contribution < -0.4 is 0 Å². The van der Waals surface area contributed by atoms with E-state index in [4.69, 9.17) is 0 Å². The molecule has 0 radical (unpaired) electrons. The van der Waals surface area contributed by atoms with Gasteiger partial charge in [-0.15, -0.1) is 0 Å². The summed E-state index contributed by atoms with van der Waals surface area (Å²) in [7, 11) is 0. The van der Waals surface area contributed by atoms with Crippen molar-refractivity contribution in [2.45, 2.75) is 40.0 Å². The summed E-state index contributed by atoms with van der Waals surface area (Å²) < 4.78 is 13.6. The number of ketones is 1. The van der Waals surface area contributed by atoms with Crippen molar-refractivity contribution in [2.24, 2.45) is 5.92 Å². The average Bonchev–Trinajstić information content (AvgIpc) is 2.21. The van der Waals surface area contributed by atoms with E-state index >= 15 is 0 Å². The van der Waals surface area contributed by atoms with Crippen LogP contribution in [0.25, 0.3) is 0 Å². The first-order valence-electron chi connectivity index (χ1n) is 5.80. The highest BCUT2D eigenvalue weighted by Crippen LogP contribution is 2.16. The Hall–Kier alpha value is -1.18. The molecule has 0 bridgehead atoms. The number of halogens is 1. The van der Waals surface area contributed by atoms with Gasteiger partial charge in [-0.3, -0.25) is 4.79 Å². The van der Waals surface area contributed by atoms with Crippen molar-refractivity contribution in [2.75, 3.05) is 0 Å². The van der Waals surface area contributed by atoms with Crippen LogP contribution in [-0.2, 0) is 0 Å². The monoisotopic (exact) mass is 222 g/mol. The Bertz CT molecular complexity index is 369. The zero-order valence-electron chi connectivity index (χ0n) is 10.2. The molecule has 1 aromatic rings. The van der Waals surface area contributed by atoms with Gasteiger partial charge in [0.25, 0.3) is 0 Å². The molecule has 0 aromatic heterocycles. The lowest BCUT2D eigenvalue weighted by Gasteiger charge is -2.06. The quantitative estimate of drug-likeness (QED) is 0.684. The van der Waals surface area contributed by atoms with Crippen LogP contribution in [-0.4, -0.2) is 5.78 Å². The highest BCUT2D eigenvalue weighted by molar-refractivity contribution is 5.96. The van der Waals surface area contributed by atoms with Crippen LogP contribution in [0.15, 0.2) is 18.2 Å². The first kappa shape index (κ1) is 12.9. The molecule has 2 heteroatoms. The number of carbonyl (C=O) groups is 1. The minimum absolute atomic E-state index is 0.0816. The summed E-state index contributed by atoms with van der Waals surface area (Å²) in [6, 6.07) is 4.98. The molecule has 0 aliphatic rings. The molecule has 1 nitrogen and oxygen atoms in total. The van der Waals surface area contributed by atoms with E-state index in [1.54, 1.807) is 25.1 Å². The number of carbonyl (C=O) groups excluding carboxylic acids is 1. The van der Waals surface area contributed by atoms with Crippen LogP contribution in [0.3, 0.4) is 0 Å². The first-order valence-corrected chi connectivity index (χ1v) is 5.80. The van der Waals surface area contributed by atoms with Gasteiger partial charge < -0.3 is 0 Å². The van der Waals surface area contributed by atoms with Gasteiger partial charge in [0, 0.05) is 6.42 Å². The normalized spacial score (nSPS) is 10.8. The first-order chi connectivity index (χ1) is 7.52. The third kappa shape index (κ3) is 3.44. The number of Topliss-reactive ketones (excluding diaryl/α,β-unsaturated/α-hetero) is 1. The van der Waals surface area contributed by atoms with Gasteiger partial charge in [0.05, 0.1) is 5.56 Å². The molecule has 0 heterocycles. The van der Waals surface area contributed by atoms with Crippen LogP contribution >= 0.6 is 0 Å². The van der Waals surface area contributed by atoms with Gasteiger partial charge in [-0.05, 0) is 30.9 Å². The van der Waals surface area contributed by atoms with Crippen LogP contribution in [0.5, 0.6) is 0 Å². The SMILES string of the molecule is Cc1cccc(C(=O)CCCC(C)C)c1F. The Morgan fingerprint density at radius 2 is 2.06 bits per heavy atom. The van der Waals surface area contributed by atoms with Gasteiger partial charge in [-0.2, -0.15) is 0 Å². The van der Waals surface area contributed by atoms with Crippen molar-refractivity contribution in [3.8, 4) is 0 Å². The average molecular weight is 222 g/mol. The molecule has 0 atom stereocenters. The maximum atomic E-state index is 13.6. The Morgan fingerprint density at radius 3 is 2.69 bits per heavy atom. The second-order valence-electron chi connectivity index (χ2n) is 4.65. The van der Waals surface area contributed by atoms with Gasteiger partial charge in [0.15, 0.2) is 5.78 Å². The van der Waals surface area contributed by atoms with Crippen molar-refractivity contribution < 1.29 is 9.18 Å². The smallest absolute Gasteiger partial charge is 0.165 e. The number of hydrogen-bond acceptors (Lipinski definition) is 1. The third-order valence-corrected chi connectivity index (χ3v) is 2.68. The maximum absolute atomic E-state index is 13.6. The summed E-state index contributed by atoms with van der Waals surface area (Å²) in [6.45, 7) is 5.93. The fourth-order valence-corrected chi connectivity index (χ4v) is 1.67. The largest absolute Gasteiger partial charge is 0.294 e. The minimum Gasteiger partial charge on any atom is -0.294 e. The van der Waals surface area contributed by atoms with Gasteiger partial charge >= 0.3 is 0 Å². The predicted molar refractivity (Wildman–Crippen MR) is 64.2 cm³/mol.